The van der Waals surface area contributed by atoms with Gasteiger partial charge in [-0.1, -0.05) is 60.7 Å². The minimum atomic E-state index is -0.833. The lowest BCUT2D eigenvalue weighted by atomic mass is 10.1. The van der Waals surface area contributed by atoms with E-state index in [9.17, 15) is 19.2 Å². The summed E-state index contributed by atoms with van der Waals surface area (Å²) < 4.78 is 8.92. The second-order valence-electron chi connectivity index (χ2n) is 6.01. The van der Waals surface area contributed by atoms with E-state index in [1.807, 2.05) is 30.3 Å². The predicted molar refractivity (Wildman–Crippen MR) is 128 cm³/mol. The fourth-order valence-electron chi connectivity index (χ4n) is 2.04. The van der Waals surface area contributed by atoms with Crippen LogP contribution in [0.3, 0.4) is 0 Å². The number of hydrogen-bond acceptors (Lipinski definition) is 9. The van der Waals surface area contributed by atoms with Crippen LogP contribution in [-0.4, -0.2) is 66.2 Å². The molecule has 1 heterocycles. The molecule has 2 aromatic carbocycles. The third-order valence-electron chi connectivity index (χ3n) is 3.53. The lowest BCUT2D eigenvalue weighted by molar-refractivity contribution is -0.143. The summed E-state index contributed by atoms with van der Waals surface area (Å²) in [6, 6.07) is 18.2. The molecule has 0 aliphatic heterocycles. The number of rotatable bonds is 7. The number of aromatic amines is 1. The smallest absolute Gasteiger partial charge is 0.300 e. The van der Waals surface area contributed by atoms with E-state index in [2.05, 4.69) is 19.4 Å². The van der Waals surface area contributed by atoms with E-state index in [0.29, 0.717) is 30.2 Å². The first kappa shape index (κ1) is 32.9. The SMILES string of the molecule is CC(=O)O.COC(C=O)OC.N.O=CC(=O)c1ccccc1.O=Cc1ncc(-c2ccccc2)[nH]1. The number of ether oxygens (including phenoxy) is 2. The molecule has 11 heteroatoms. The topological polar surface area (TPSA) is 188 Å². The Labute approximate surface area is 202 Å². The Morgan fingerprint density at radius 3 is 1.77 bits per heavy atom. The van der Waals surface area contributed by atoms with E-state index in [1.54, 1.807) is 36.5 Å². The number of carbonyl (C=O) groups is 5. The first-order valence-corrected chi connectivity index (χ1v) is 9.63. The summed E-state index contributed by atoms with van der Waals surface area (Å²) in [6.07, 6.45) is 2.56. The van der Waals surface area contributed by atoms with Crippen molar-refractivity contribution in [3.05, 3.63) is 78.2 Å². The number of nitrogens with one attached hydrogen (secondary N) is 1. The van der Waals surface area contributed by atoms with Crippen LogP contribution in [0.1, 0.15) is 27.9 Å². The first-order chi connectivity index (χ1) is 16.3. The summed E-state index contributed by atoms with van der Waals surface area (Å²) in [6.45, 7) is 1.08. The number of nitrogens with zero attached hydrogens (tertiary/aromatic N) is 1. The zero-order valence-corrected chi connectivity index (χ0v) is 19.6. The molecule has 0 fully saturated rings. The van der Waals surface area contributed by atoms with Gasteiger partial charge in [-0.2, -0.15) is 0 Å². The molecule has 35 heavy (non-hydrogen) atoms. The number of benzene rings is 2. The zero-order chi connectivity index (χ0) is 25.8. The lowest BCUT2D eigenvalue weighted by Gasteiger charge is -2.01. The molecule has 1 aromatic heterocycles. The van der Waals surface area contributed by atoms with Crippen LogP contribution in [0, 0.1) is 0 Å². The van der Waals surface area contributed by atoms with Gasteiger partial charge in [-0.25, -0.2) is 4.98 Å². The van der Waals surface area contributed by atoms with Crippen molar-refractivity contribution in [1.82, 2.24) is 16.1 Å². The summed E-state index contributed by atoms with van der Waals surface area (Å²) in [7, 11) is 2.81. The molecule has 3 rings (SSSR count). The molecular weight excluding hydrogens is 458 g/mol. The van der Waals surface area contributed by atoms with Crippen LogP contribution < -0.4 is 6.15 Å². The fraction of sp³-hybridized carbons (Fsp3) is 0.167. The Kier molecular flexibility index (Phi) is 19.1. The van der Waals surface area contributed by atoms with E-state index >= 15 is 0 Å². The second-order valence-corrected chi connectivity index (χ2v) is 6.01. The zero-order valence-electron chi connectivity index (χ0n) is 19.6. The van der Waals surface area contributed by atoms with Crippen LogP contribution in [0.2, 0.25) is 0 Å². The van der Waals surface area contributed by atoms with Gasteiger partial charge in [0.2, 0.25) is 12.1 Å². The van der Waals surface area contributed by atoms with Gasteiger partial charge >= 0.3 is 0 Å². The molecule has 0 saturated heterocycles. The van der Waals surface area contributed by atoms with Crippen LogP contribution >= 0.6 is 0 Å². The molecule has 0 radical (unpaired) electrons. The number of ketones is 1. The van der Waals surface area contributed by atoms with Crippen molar-refractivity contribution >= 4 is 30.6 Å². The summed E-state index contributed by atoms with van der Waals surface area (Å²) in [5.74, 6) is -0.945. The van der Waals surface area contributed by atoms with Crippen molar-refractivity contribution in [1.29, 1.82) is 0 Å². The van der Waals surface area contributed by atoms with E-state index in [4.69, 9.17) is 9.90 Å². The first-order valence-electron chi connectivity index (χ1n) is 9.63. The quantitative estimate of drug-likeness (QED) is 0.193. The van der Waals surface area contributed by atoms with E-state index in [-0.39, 0.29) is 6.15 Å². The van der Waals surface area contributed by atoms with E-state index in [1.165, 1.54) is 14.2 Å². The number of H-pyrrole nitrogens is 1. The molecule has 5 N–H and O–H groups in total. The number of aromatic nitrogens is 2. The van der Waals surface area contributed by atoms with Crippen LogP contribution in [-0.2, 0) is 23.9 Å². The van der Waals surface area contributed by atoms with Gasteiger partial charge < -0.3 is 25.7 Å². The van der Waals surface area contributed by atoms with Crippen LogP contribution in [0.4, 0.5) is 0 Å². The van der Waals surface area contributed by atoms with Gasteiger partial charge in [0, 0.05) is 26.7 Å². The largest absolute Gasteiger partial charge is 0.481 e. The summed E-state index contributed by atoms with van der Waals surface area (Å²) in [5, 5.41) is 7.42. The highest BCUT2D eigenvalue weighted by molar-refractivity contribution is 6.33. The maximum Gasteiger partial charge on any atom is 0.300 e. The second kappa shape index (κ2) is 20.3. The van der Waals surface area contributed by atoms with Crippen molar-refractivity contribution in [3.63, 3.8) is 0 Å². The Morgan fingerprint density at radius 1 is 0.943 bits per heavy atom. The minimum Gasteiger partial charge on any atom is -0.481 e. The molecule has 0 unspecified atom stereocenters. The third-order valence-corrected chi connectivity index (χ3v) is 3.53. The van der Waals surface area contributed by atoms with Crippen molar-refractivity contribution < 1.29 is 38.6 Å². The highest BCUT2D eigenvalue weighted by atomic mass is 16.7. The summed E-state index contributed by atoms with van der Waals surface area (Å²) >= 11 is 0. The number of carboxylic acid groups (broad SMARTS) is 1. The fourth-order valence-corrected chi connectivity index (χ4v) is 2.04. The average molecular weight is 488 g/mol. The molecule has 0 saturated carbocycles. The minimum absolute atomic E-state index is 0. The highest BCUT2D eigenvalue weighted by Gasteiger charge is 2.01. The van der Waals surface area contributed by atoms with Crippen molar-refractivity contribution in [3.8, 4) is 11.3 Å². The lowest BCUT2D eigenvalue weighted by Crippen LogP contribution is -2.13. The van der Waals surface area contributed by atoms with Gasteiger partial charge in [0.25, 0.3) is 5.97 Å². The van der Waals surface area contributed by atoms with Gasteiger partial charge in [0.1, 0.15) is 0 Å². The van der Waals surface area contributed by atoms with E-state index in [0.717, 1.165) is 18.2 Å². The number of methoxy groups -OCH3 is 2. The molecule has 0 amide bonds. The maximum atomic E-state index is 10.6. The van der Waals surface area contributed by atoms with Crippen molar-refractivity contribution in [2.24, 2.45) is 0 Å². The van der Waals surface area contributed by atoms with Gasteiger partial charge in [-0.15, -0.1) is 0 Å². The molecule has 0 spiro atoms. The molecule has 0 aliphatic carbocycles. The van der Waals surface area contributed by atoms with Gasteiger partial charge in [-0.3, -0.25) is 24.0 Å². The maximum absolute atomic E-state index is 10.6. The van der Waals surface area contributed by atoms with Gasteiger partial charge in [0.15, 0.2) is 24.7 Å². The van der Waals surface area contributed by atoms with Crippen LogP contribution in [0.5, 0.6) is 0 Å². The number of imidazole rings is 1. The molecule has 0 aliphatic rings. The molecule has 0 atom stereocenters. The third kappa shape index (κ3) is 15.2. The average Bonchev–Trinajstić information content (AvgIpc) is 3.36. The molecular formula is C24H29N3O8. The number of Topliss-reactive ketones (excluding diaryl/α,β-unsaturated/α-hetero) is 1. The standard InChI is InChI=1S/C10H8N2O.C8H6O2.C4H8O3.C2H4O2.H3N/c13-7-10-11-6-9(12-10)8-4-2-1-3-5-8;9-6-8(10)7-4-2-1-3-5-7;1-6-4(3-5)7-2;1-2(3)4;/h1-7H,(H,11,12);1-6H;3-4H,1-2H3;1H3,(H,3,4);1H3. The van der Waals surface area contributed by atoms with Crippen LogP contribution in [0.15, 0.2) is 66.9 Å². The Morgan fingerprint density at radius 2 is 1.43 bits per heavy atom. The monoisotopic (exact) mass is 487 g/mol. The number of aldehydes is 3. The molecule has 3 aromatic rings. The number of hydrogen-bond donors (Lipinski definition) is 3. The summed E-state index contributed by atoms with van der Waals surface area (Å²) in [4.78, 5) is 56.5. The highest BCUT2D eigenvalue weighted by Crippen LogP contribution is 2.15. The van der Waals surface area contributed by atoms with Crippen LogP contribution in [0.25, 0.3) is 11.3 Å². The Hall–Kier alpha value is -4.32. The normalized spacial score (nSPS) is 8.80. The number of aliphatic carboxylic acids is 1. The van der Waals surface area contributed by atoms with Gasteiger partial charge in [0.05, 0.1) is 11.9 Å². The Balaban J connectivity index is 0. The predicted octanol–water partition coefficient (Wildman–Crippen LogP) is 3.01. The van der Waals surface area contributed by atoms with Crippen molar-refractivity contribution in [2.45, 2.75) is 13.2 Å². The van der Waals surface area contributed by atoms with Gasteiger partial charge in [-0.05, 0) is 5.56 Å². The number of carboxylic acids is 1. The number of carbonyl (C=O) groups excluding carboxylic acids is 4. The van der Waals surface area contributed by atoms with Crippen molar-refractivity contribution in [2.75, 3.05) is 14.2 Å². The molecule has 0 bridgehead atoms. The molecule has 188 valence electrons. The Bertz CT molecular complexity index is 1000. The van der Waals surface area contributed by atoms with E-state index < -0.39 is 18.0 Å². The summed E-state index contributed by atoms with van der Waals surface area (Å²) in [5.41, 5.74) is 2.34. The molecule has 11 nitrogen and oxygen atoms in total.